The maximum absolute atomic E-state index is 12.0. The van der Waals surface area contributed by atoms with Crippen molar-refractivity contribution in [3.8, 4) is 0 Å². The minimum atomic E-state index is -0.806. The second-order valence-electron chi connectivity index (χ2n) is 5.96. The Labute approximate surface area is 157 Å². The Morgan fingerprint density at radius 2 is 1.52 bits per heavy atom. The largest absolute Gasteiger partial charge is 0.445 e. The molecular formula is C20H23N3O4. The van der Waals surface area contributed by atoms with E-state index in [4.69, 9.17) is 10.5 Å². The quantitative estimate of drug-likeness (QED) is 0.622. The van der Waals surface area contributed by atoms with E-state index in [-0.39, 0.29) is 13.2 Å². The van der Waals surface area contributed by atoms with Gasteiger partial charge in [0.2, 0.25) is 11.8 Å². The van der Waals surface area contributed by atoms with Crippen LogP contribution in [0.25, 0.3) is 0 Å². The van der Waals surface area contributed by atoms with Crippen molar-refractivity contribution in [2.45, 2.75) is 25.5 Å². The Balaban J connectivity index is 1.71. The molecule has 142 valence electrons. The normalized spacial score (nSPS) is 11.3. The molecule has 1 atom stereocenters. The van der Waals surface area contributed by atoms with Crippen LogP contribution in [0.2, 0.25) is 0 Å². The molecule has 7 heteroatoms. The van der Waals surface area contributed by atoms with Crippen LogP contribution >= 0.6 is 0 Å². The summed E-state index contributed by atoms with van der Waals surface area (Å²) in [7, 11) is 0. The lowest BCUT2D eigenvalue weighted by atomic mass is 10.0. The Morgan fingerprint density at radius 1 is 0.926 bits per heavy atom. The van der Waals surface area contributed by atoms with Crippen LogP contribution in [0, 0.1) is 0 Å². The van der Waals surface area contributed by atoms with Gasteiger partial charge >= 0.3 is 6.09 Å². The molecule has 0 aliphatic rings. The van der Waals surface area contributed by atoms with Gasteiger partial charge in [-0.3, -0.25) is 9.59 Å². The number of primary amides is 1. The molecule has 27 heavy (non-hydrogen) atoms. The number of nitrogens with one attached hydrogen (secondary N) is 2. The Morgan fingerprint density at radius 3 is 2.11 bits per heavy atom. The third kappa shape index (κ3) is 7.60. The van der Waals surface area contributed by atoms with Crippen LogP contribution in [0.15, 0.2) is 60.7 Å². The molecule has 0 radical (unpaired) electrons. The van der Waals surface area contributed by atoms with Gasteiger partial charge in [0.15, 0.2) is 0 Å². The predicted octanol–water partition coefficient (Wildman–Crippen LogP) is 1.52. The highest BCUT2D eigenvalue weighted by Gasteiger charge is 2.18. The number of ether oxygens (including phenoxy) is 1. The molecule has 0 aromatic heterocycles. The van der Waals surface area contributed by atoms with Crippen LogP contribution in [0.1, 0.15) is 17.5 Å². The van der Waals surface area contributed by atoms with Crippen molar-refractivity contribution in [3.63, 3.8) is 0 Å². The summed E-state index contributed by atoms with van der Waals surface area (Å²) in [6.07, 6.45) is 0.263. The van der Waals surface area contributed by atoms with E-state index < -0.39 is 23.9 Å². The van der Waals surface area contributed by atoms with Crippen LogP contribution in [-0.2, 0) is 27.4 Å². The minimum Gasteiger partial charge on any atom is -0.445 e. The van der Waals surface area contributed by atoms with Crippen LogP contribution < -0.4 is 16.4 Å². The molecule has 2 aromatic rings. The van der Waals surface area contributed by atoms with E-state index in [1.54, 1.807) is 0 Å². The van der Waals surface area contributed by atoms with Crippen molar-refractivity contribution in [3.05, 3.63) is 71.8 Å². The fourth-order valence-electron chi connectivity index (χ4n) is 2.41. The van der Waals surface area contributed by atoms with Crippen LogP contribution in [-0.4, -0.2) is 30.5 Å². The zero-order valence-electron chi connectivity index (χ0n) is 14.9. The second kappa shape index (κ2) is 10.6. The average Bonchev–Trinajstić information content (AvgIpc) is 2.69. The van der Waals surface area contributed by atoms with Crippen LogP contribution in [0.3, 0.4) is 0 Å². The predicted molar refractivity (Wildman–Crippen MR) is 101 cm³/mol. The van der Waals surface area contributed by atoms with Crippen molar-refractivity contribution in [1.82, 2.24) is 10.6 Å². The fraction of sp³-hybridized carbons (Fsp3) is 0.250. The molecule has 0 aliphatic carbocycles. The SMILES string of the molecule is NC(=O)[C@@H](CCc1ccccc1)NC(=O)CNC(=O)OCc1ccccc1. The van der Waals surface area contributed by atoms with Gasteiger partial charge in [-0.05, 0) is 24.0 Å². The first-order chi connectivity index (χ1) is 13.0. The summed E-state index contributed by atoms with van der Waals surface area (Å²) in [5.41, 5.74) is 7.23. The molecule has 3 amide bonds. The molecule has 0 fully saturated rings. The Bertz CT molecular complexity index is 750. The summed E-state index contributed by atoms with van der Waals surface area (Å²) in [5.74, 6) is -1.13. The van der Waals surface area contributed by atoms with E-state index in [0.717, 1.165) is 11.1 Å². The highest BCUT2D eigenvalue weighted by molar-refractivity contribution is 5.88. The third-order valence-corrected chi connectivity index (χ3v) is 3.85. The van der Waals surface area contributed by atoms with Crippen molar-refractivity contribution < 1.29 is 19.1 Å². The maximum Gasteiger partial charge on any atom is 0.407 e. The summed E-state index contributed by atoms with van der Waals surface area (Å²) in [5, 5.41) is 4.88. The maximum atomic E-state index is 12.0. The molecule has 0 saturated carbocycles. The van der Waals surface area contributed by atoms with Gasteiger partial charge in [0.25, 0.3) is 0 Å². The van der Waals surface area contributed by atoms with Crippen molar-refractivity contribution in [2.75, 3.05) is 6.54 Å². The Kier molecular flexibility index (Phi) is 7.84. The summed E-state index contributed by atoms with van der Waals surface area (Å²) in [6, 6.07) is 18.0. The van der Waals surface area contributed by atoms with Crippen molar-refractivity contribution >= 4 is 17.9 Å². The number of alkyl carbamates (subject to hydrolysis) is 1. The van der Waals surface area contributed by atoms with Gasteiger partial charge in [-0.15, -0.1) is 0 Å². The monoisotopic (exact) mass is 369 g/mol. The second-order valence-corrected chi connectivity index (χ2v) is 5.96. The topological polar surface area (TPSA) is 111 Å². The number of benzene rings is 2. The molecule has 0 spiro atoms. The van der Waals surface area contributed by atoms with Gasteiger partial charge < -0.3 is 21.1 Å². The van der Waals surface area contributed by atoms with Crippen LogP contribution in [0.4, 0.5) is 4.79 Å². The van der Waals surface area contributed by atoms with E-state index in [0.29, 0.717) is 12.8 Å². The number of hydrogen-bond acceptors (Lipinski definition) is 4. The van der Waals surface area contributed by atoms with Gasteiger partial charge in [0.05, 0.1) is 0 Å². The van der Waals surface area contributed by atoms with Gasteiger partial charge in [0, 0.05) is 0 Å². The molecule has 0 heterocycles. The number of amides is 3. The smallest absolute Gasteiger partial charge is 0.407 e. The molecule has 0 bridgehead atoms. The van der Waals surface area contributed by atoms with Gasteiger partial charge in [-0.1, -0.05) is 60.7 Å². The lowest BCUT2D eigenvalue weighted by molar-refractivity contribution is -0.126. The lowest BCUT2D eigenvalue weighted by Gasteiger charge is -2.16. The molecule has 2 rings (SSSR count). The standard InChI is InChI=1S/C20H23N3O4/c21-19(25)17(12-11-15-7-3-1-4-8-15)23-18(24)13-22-20(26)27-14-16-9-5-2-6-10-16/h1-10,17H,11-14H2,(H2,21,25)(H,22,26)(H,23,24)/t17-/m1/s1. The number of carbonyl (C=O) groups is 3. The zero-order chi connectivity index (χ0) is 19.5. The van der Waals surface area contributed by atoms with E-state index in [2.05, 4.69) is 10.6 Å². The van der Waals surface area contributed by atoms with E-state index in [1.165, 1.54) is 0 Å². The number of rotatable bonds is 9. The average molecular weight is 369 g/mol. The first-order valence-corrected chi connectivity index (χ1v) is 8.62. The molecular weight excluding hydrogens is 346 g/mol. The molecule has 7 nitrogen and oxygen atoms in total. The van der Waals surface area contributed by atoms with E-state index in [9.17, 15) is 14.4 Å². The molecule has 4 N–H and O–H groups in total. The fourth-order valence-corrected chi connectivity index (χ4v) is 2.41. The zero-order valence-corrected chi connectivity index (χ0v) is 14.9. The highest BCUT2D eigenvalue weighted by atomic mass is 16.5. The van der Waals surface area contributed by atoms with E-state index >= 15 is 0 Å². The molecule has 0 unspecified atom stereocenters. The summed E-state index contributed by atoms with van der Waals surface area (Å²) in [6.45, 7) is -0.196. The highest BCUT2D eigenvalue weighted by Crippen LogP contribution is 2.05. The van der Waals surface area contributed by atoms with Crippen molar-refractivity contribution in [2.24, 2.45) is 5.73 Å². The summed E-state index contributed by atoms with van der Waals surface area (Å²) < 4.78 is 5.01. The van der Waals surface area contributed by atoms with E-state index in [1.807, 2.05) is 60.7 Å². The van der Waals surface area contributed by atoms with Crippen LogP contribution in [0.5, 0.6) is 0 Å². The first kappa shape index (κ1) is 20.0. The first-order valence-electron chi connectivity index (χ1n) is 8.62. The number of hydrogen-bond donors (Lipinski definition) is 3. The van der Waals surface area contributed by atoms with Gasteiger partial charge in [-0.25, -0.2) is 4.79 Å². The third-order valence-electron chi connectivity index (χ3n) is 3.85. The Hall–Kier alpha value is -3.35. The molecule has 0 aliphatic heterocycles. The van der Waals surface area contributed by atoms with Crippen molar-refractivity contribution in [1.29, 1.82) is 0 Å². The molecule has 2 aromatic carbocycles. The number of nitrogens with two attached hydrogens (primary N) is 1. The number of carbonyl (C=O) groups excluding carboxylic acids is 3. The molecule has 0 saturated heterocycles. The minimum absolute atomic E-state index is 0.106. The number of aryl methyl sites for hydroxylation is 1. The lowest BCUT2D eigenvalue weighted by Crippen LogP contribution is -2.48. The summed E-state index contributed by atoms with van der Waals surface area (Å²) in [4.78, 5) is 35.2. The van der Waals surface area contributed by atoms with Gasteiger partial charge in [0.1, 0.15) is 19.2 Å². The van der Waals surface area contributed by atoms with Gasteiger partial charge in [-0.2, -0.15) is 0 Å². The summed E-state index contributed by atoms with van der Waals surface area (Å²) >= 11 is 0.